The van der Waals surface area contributed by atoms with E-state index in [2.05, 4.69) is 0 Å². The molecule has 6 heteroatoms. The fraction of sp³-hybridized carbons (Fsp3) is 0.235. The van der Waals surface area contributed by atoms with Gasteiger partial charge in [0.15, 0.2) is 0 Å². The first kappa shape index (κ1) is 17.7. The Hall–Kier alpha value is -1.62. The van der Waals surface area contributed by atoms with E-state index in [1.54, 1.807) is 25.1 Å². The summed E-state index contributed by atoms with van der Waals surface area (Å²) in [7, 11) is -3.87. The summed E-state index contributed by atoms with van der Waals surface area (Å²) in [5, 5.41) is 0. The van der Waals surface area contributed by atoms with Crippen LogP contribution in [-0.4, -0.2) is 39.6 Å². The van der Waals surface area contributed by atoms with Crippen LogP contribution < -0.4 is 4.46 Å². The fourth-order valence-corrected chi connectivity index (χ4v) is 7.01. The molecule has 1 unspecified atom stereocenters. The zero-order chi connectivity index (χ0) is 16.9. The fourth-order valence-electron chi connectivity index (χ4n) is 2.01. The van der Waals surface area contributed by atoms with E-state index in [9.17, 15) is 13.2 Å². The number of rotatable bonds is 6. The molecular weight excluding hydrogens is 380 g/mol. The molecule has 0 heterocycles. The summed E-state index contributed by atoms with van der Waals surface area (Å²) in [5.74, 6) is -0.701. The molecule has 4 nitrogen and oxygen atoms in total. The molecule has 0 aliphatic carbocycles. The zero-order valence-electron chi connectivity index (χ0n) is 12.9. The predicted molar refractivity (Wildman–Crippen MR) is 90.5 cm³/mol. The predicted octanol–water partition coefficient (Wildman–Crippen LogP) is 1.77. The summed E-state index contributed by atoms with van der Waals surface area (Å²) in [4.78, 5) is 12.6. The van der Waals surface area contributed by atoms with Crippen molar-refractivity contribution in [3.8, 4) is 0 Å². The first-order valence-electron chi connectivity index (χ1n) is 7.13. The molecule has 122 valence electrons. The topological polar surface area (TPSA) is 60.4 Å². The van der Waals surface area contributed by atoms with Gasteiger partial charge in [0, 0.05) is 0 Å². The molecule has 0 fully saturated rings. The van der Waals surface area contributed by atoms with Crippen LogP contribution in [0.25, 0.3) is 0 Å². The van der Waals surface area contributed by atoms with Gasteiger partial charge in [-0.25, -0.2) is 0 Å². The Balaban J connectivity index is 2.51. The van der Waals surface area contributed by atoms with Crippen LogP contribution in [0.2, 0.25) is 0 Å². The molecule has 2 aromatic rings. The number of carbonyl (C=O) groups is 1. The van der Waals surface area contributed by atoms with E-state index in [0.29, 0.717) is 0 Å². The summed E-state index contributed by atoms with van der Waals surface area (Å²) in [5.41, 5.74) is 0. The number of hydrogen-bond acceptors (Lipinski definition) is 4. The van der Waals surface area contributed by atoms with Crippen molar-refractivity contribution in [2.24, 2.45) is 0 Å². The van der Waals surface area contributed by atoms with Crippen LogP contribution in [0.1, 0.15) is 13.8 Å². The monoisotopic (exact) mass is 399 g/mol. The van der Waals surface area contributed by atoms with Crippen molar-refractivity contribution in [1.29, 1.82) is 0 Å². The van der Waals surface area contributed by atoms with Crippen molar-refractivity contribution < 1.29 is 17.9 Å². The second-order valence-corrected chi connectivity index (χ2v) is 10.9. The molecule has 0 bridgehead atoms. The number of sulfone groups is 1. The molecule has 0 saturated heterocycles. The quantitative estimate of drug-likeness (QED) is 0.423. The second kappa shape index (κ2) is 7.30. The zero-order valence-corrected chi connectivity index (χ0v) is 15.5. The first-order valence-corrected chi connectivity index (χ1v) is 10.3. The molecule has 0 aliphatic heterocycles. The van der Waals surface area contributed by atoms with E-state index in [1.807, 2.05) is 30.3 Å². The van der Waals surface area contributed by atoms with Gasteiger partial charge in [0.25, 0.3) is 0 Å². The summed E-state index contributed by atoms with van der Waals surface area (Å²) in [6.07, 6.45) is 0. The van der Waals surface area contributed by atoms with Crippen molar-refractivity contribution in [3.63, 3.8) is 0 Å². The second-order valence-electron chi connectivity index (χ2n) is 4.90. The summed E-state index contributed by atoms with van der Waals surface area (Å²) in [6.45, 7) is 3.27. The van der Waals surface area contributed by atoms with Crippen LogP contribution in [0.4, 0.5) is 0 Å². The minimum absolute atomic E-state index is 0.133. The molecule has 23 heavy (non-hydrogen) atoms. The maximum absolute atomic E-state index is 13.1. The number of hydrogen-bond donors (Lipinski definition) is 0. The van der Waals surface area contributed by atoms with Gasteiger partial charge in [-0.05, 0) is 0 Å². The first-order chi connectivity index (χ1) is 10.9. The molecule has 0 amide bonds. The van der Waals surface area contributed by atoms with Crippen LogP contribution in [0, 0.1) is 0 Å². The number of carbonyl (C=O) groups excluding carboxylic acids is 1. The molecule has 0 radical (unpaired) electrons. The van der Waals surface area contributed by atoms with E-state index < -0.39 is 34.4 Å². The van der Waals surface area contributed by atoms with Gasteiger partial charge in [-0.3, -0.25) is 0 Å². The molecule has 0 saturated carbocycles. The molecule has 2 aromatic carbocycles. The van der Waals surface area contributed by atoms with Gasteiger partial charge in [-0.15, -0.1) is 0 Å². The van der Waals surface area contributed by atoms with Crippen LogP contribution >= 0.6 is 0 Å². The summed E-state index contributed by atoms with van der Waals surface area (Å²) in [6, 6.07) is 17.2. The third-order valence-corrected chi connectivity index (χ3v) is 9.40. The van der Waals surface area contributed by atoms with Gasteiger partial charge in [0.05, 0.1) is 0 Å². The van der Waals surface area contributed by atoms with Crippen molar-refractivity contribution in [2.75, 3.05) is 6.61 Å². The SMILES string of the molecule is CCOC(=O)[13C](C)([Se]c1ccccc1)S(=O)(=O)c1ccccc1. The normalized spacial score (nSPS) is 14.0. The molecule has 0 aliphatic rings. The third kappa shape index (κ3) is 3.66. The van der Waals surface area contributed by atoms with Crippen molar-refractivity contribution >= 4 is 35.2 Å². The van der Waals surface area contributed by atoms with Gasteiger partial charge in [0.1, 0.15) is 0 Å². The Bertz CT molecular complexity index is 760. The maximum atomic E-state index is 13.1. The van der Waals surface area contributed by atoms with E-state index in [-0.39, 0.29) is 11.5 Å². The third-order valence-electron chi connectivity index (χ3n) is 3.27. The Morgan fingerprint density at radius 1 is 1.04 bits per heavy atom. The van der Waals surface area contributed by atoms with E-state index in [0.717, 1.165) is 4.46 Å². The average Bonchev–Trinajstić information content (AvgIpc) is 2.56. The van der Waals surface area contributed by atoms with Crippen LogP contribution in [0.3, 0.4) is 0 Å². The molecule has 0 aromatic heterocycles. The van der Waals surface area contributed by atoms with Gasteiger partial charge >= 0.3 is 143 Å². The summed E-state index contributed by atoms with van der Waals surface area (Å²) < 4.78 is 30.5. The Labute approximate surface area is 142 Å². The molecule has 0 spiro atoms. The van der Waals surface area contributed by atoms with Crippen LogP contribution in [0.15, 0.2) is 65.6 Å². The minimum atomic E-state index is -3.87. The number of esters is 1. The van der Waals surface area contributed by atoms with Crippen molar-refractivity contribution in [2.45, 2.75) is 22.4 Å². The van der Waals surface area contributed by atoms with E-state index in [4.69, 9.17) is 4.74 Å². The van der Waals surface area contributed by atoms with Gasteiger partial charge in [-0.1, -0.05) is 0 Å². The van der Waals surface area contributed by atoms with E-state index in [1.165, 1.54) is 19.1 Å². The van der Waals surface area contributed by atoms with E-state index >= 15 is 0 Å². The molecule has 1 atom stereocenters. The van der Waals surface area contributed by atoms with Crippen molar-refractivity contribution in [3.05, 3.63) is 60.7 Å². The standard InChI is InChI=1S/C17H18O4SSe/c1-3-21-16(18)17(2,23-15-12-8-5-9-13-15)22(19,20)14-10-6-4-7-11-14/h4-13H,3H2,1-2H3/i17+1. The molecule has 0 N–H and O–H groups in total. The Kier molecular flexibility index (Phi) is 5.63. The molecule has 2 rings (SSSR count). The average molecular weight is 398 g/mol. The van der Waals surface area contributed by atoms with Crippen LogP contribution in [-0.2, 0) is 19.4 Å². The number of ether oxygens (including phenoxy) is 1. The van der Waals surface area contributed by atoms with Gasteiger partial charge in [0.2, 0.25) is 0 Å². The number of benzene rings is 2. The van der Waals surface area contributed by atoms with Gasteiger partial charge < -0.3 is 0 Å². The Morgan fingerprint density at radius 3 is 2.09 bits per heavy atom. The van der Waals surface area contributed by atoms with Gasteiger partial charge in [-0.2, -0.15) is 0 Å². The van der Waals surface area contributed by atoms with Crippen LogP contribution in [0.5, 0.6) is 0 Å². The molecular formula is C17H18O4SSe. The Morgan fingerprint density at radius 2 is 1.57 bits per heavy atom. The van der Waals surface area contributed by atoms with Crippen molar-refractivity contribution in [1.82, 2.24) is 0 Å². The summed E-state index contributed by atoms with van der Waals surface area (Å²) >= 11 is -0.630.